The summed E-state index contributed by atoms with van der Waals surface area (Å²) in [5, 5.41) is 8.01. The summed E-state index contributed by atoms with van der Waals surface area (Å²) in [4.78, 5) is 23.5. The molecule has 2 N–H and O–H groups in total. The van der Waals surface area contributed by atoms with Crippen molar-refractivity contribution in [2.75, 3.05) is 24.3 Å². The zero-order valence-electron chi connectivity index (χ0n) is 17.2. The average Bonchev–Trinajstić information content (AvgIpc) is 2.75. The summed E-state index contributed by atoms with van der Waals surface area (Å²) in [6.07, 6.45) is 7.42. The minimum absolute atomic E-state index is 0.0282. The molecule has 0 saturated heterocycles. The van der Waals surface area contributed by atoms with Gasteiger partial charge in [-0.15, -0.1) is 0 Å². The predicted molar refractivity (Wildman–Crippen MR) is 120 cm³/mol. The van der Waals surface area contributed by atoms with Gasteiger partial charge in [0.2, 0.25) is 5.95 Å². The van der Waals surface area contributed by atoms with Gasteiger partial charge in [-0.25, -0.2) is 4.98 Å². The van der Waals surface area contributed by atoms with Crippen molar-refractivity contribution >= 4 is 34.3 Å². The van der Waals surface area contributed by atoms with Crippen molar-refractivity contribution in [1.82, 2.24) is 15.3 Å². The van der Waals surface area contributed by atoms with E-state index in [1.807, 2.05) is 25.1 Å². The van der Waals surface area contributed by atoms with Gasteiger partial charge in [-0.3, -0.25) is 4.79 Å². The number of fused-ring (bicyclic) bond motifs is 1. The molecule has 8 heteroatoms. The third-order valence-corrected chi connectivity index (χ3v) is 5.78. The highest BCUT2D eigenvalue weighted by molar-refractivity contribution is 6.31. The van der Waals surface area contributed by atoms with Gasteiger partial charge in [0.15, 0.2) is 5.43 Å². The van der Waals surface area contributed by atoms with E-state index in [1.165, 1.54) is 0 Å². The van der Waals surface area contributed by atoms with Gasteiger partial charge in [0.05, 0.1) is 11.6 Å². The van der Waals surface area contributed by atoms with E-state index in [-0.39, 0.29) is 5.43 Å². The van der Waals surface area contributed by atoms with E-state index in [9.17, 15) is 4.79 Å². The summed E-state index contributed by atoms with van der Waals surface area (Å²) in [5.74, 6) is 1.56. The third-order valence-electron chi connectivity index (χ3n) is 5.55. The Morgan fingerprint density at radius 2 is 1.93 bits per heavy atom. The number of aromatic nitrogens is 2. The summed E-state index contributed by atoms with van der Waals surface area (Å²) < 4.78 is 5.60. The first-order valence-electron chi connectivity index (χ1n) is 10.2. The zero-order valence-corrected chi connectivity index (χ0v) is 17.9. The second-order valence-electron chi connectivity index (χ2n) is 7.94. The SMILES string of the molecule is CN(C)c1ccnc(N[C@H]2CC[C@@H](NCc3coc4ccc(Cl)cc4c3=O)CC2)n1. The Morgan fingerprint density at radius 3 is 2.70 bits per heavy atom. The van der Waals surface area contributed by atoms with Crippen LogP contribution < -0.4 is 21.0 Å². The molecule has 2 heterocycles. The monoisotopic (exact) mass is 427 g/mol. The lowest BCUT2D eigenvalue weighted by molar-refractivity contribution is 0.351. The van der Waals surface area contributed by atoms with Crippen molar-refractivity contribution in [2.24, 2.45) is 0 Å². The van der Waals surface area contributed by atoms with Crippen LogP contribution >= 0.6 is 11.6 Å². The number of benzene rings is 1. The number of hydrogen-bond donors (Lipinski definition) is 2. The standard InChI is InChI=1S/C22H26ClN5O2/c1-28(2)20-9-10-24-22(27-20)26-17-6-4-16(5-7-17)25-12-14-13-30-19-8-3-15(23)11-18(19)21(14)29/h3,8-11,13,16-17,25H,4-7,12H2,1-2H3,(H,24,26,27)/t16-,17+. The highest BCUT2D eigenvalue weighted by Gasteiger charge is 2.22. The van der Waals surface area contributed by atoms with Crippen molar-refractivity contribution in [3.05, 3.63) is 57.5 Å². The van der Waals surface area contributed by atoms with Gasteiger partial charge in [0.25, 0.3) is 0 Å². The highest BCUT2D eigenvalue weighted by atomic mass is 35.5. The van der Waals surface area contributed by atoms with Crippen LogP contribution in [-0.4, -0.2) is 36.1 Å². The number of hydrogen-bond acceptors (Lipinski definition) is 7. The van der Waals surface area contributed by atoms with Crippen molar-refractivity contribution in [3.63, 3.8) is 0 Å². The largest absolute Gasteiger partial charge is 0.464 e. The van der Waals surface area contributed by atoms with E-state index in [0.29, 0.717) is 46.1 Å². The lowest BCUT2D eigenvalue weighted by atomic mass is 9.91. The lowest BCUT2D eigenvalue weighted by Crippen LogP contribution is -2.37. The lowest BCUT2D eigenvalue weighted by Gasteiger charge is -2.30. The fraction of sp³-hybridized carbons (Fsp3) is 0.409. The van der Waals surface area contributed by atoms with Gasteiger partial charge in [0.1, 0.15) is 11.4 Å². The molecular weight excluding hydrogens is 402 g/mol. The topological polar surface area (TPSA) is 83.3 Å². The van der Waals surface area contributed by atoms with Gasteiger partial charge < -0.3 is 20.0 Å². The molecule has 1 fully saturated rings. The van der Waals surface area contributed by atoms with Crippen LogP contribution in [0.3, 0.4) is 0 Å². The van der Waals surface area contributed by atoms with Crippen LogP contribution in [0.15, 0.2) is 45.9 Å². The fourth-order valence-electron chi connectivity index (χ4n) is 3.81. The van der Waals surface area contributed by atoms with Crippen molar-refractivity contribution < 1.29 is 4.42 Å². The molecule has 1 aliphatic rings. The molecule has 0 bridgehead atoms. The number of halogens is 1. The normalized spacial score (nSPS) is 19.0. The van der Waals surface area contributed by atoms with Gasteiger partial charge >= 0.3 is 0 Å². The third kappa shape index (κ3) is 4.74. The Kier molecular flexibility index (Phi) is 6.20. The summed E-state index contributed by atoms with van der Waals surface area (Å²) in [7, 11) is 3.93. The molecule has 1 aliphatic carbocycles. The van der Waals surface area contributed by atoms with Crippen LogP contribution in [0.4, 0.5) is 11.8 Å². The Morgan fingerprint density at radius 1 is 1.17 bits per heavy atom. The van der Waals surface area contributed by atoms with E-state index in [1.54, 1.807) is 30.7 Å². The smallest absolute Gasteiger partial charge is 0.224 e. The Labute approximate surface area is 180 Å². The van der Waals surface area contributed by atoms with Gasteiger partial charge in [-0.1, -0.05) is 11.6 Å². The Balaban J connectivity index is 1.31. The molecule has 0 aliphatic heterocycles. The van der Waals surface area contributed by atoms with E-state index < -0.39 is 0 Å². The molecule has 4 rings (SSSR count). The zero-order chi connectivity index (χ0) is 21.1. The molecule has 1 saturated carbocycles. The van der Waals surface area contributed by atoms with Crippen molar-refractivity contribution in [3.8, 4) is 0 Å². The fourth-order valence-corrected chi connectivity index (χ4v) is 3.98. The van der Waals surface area contributed by atoms with E-state index in [2.05, 4.69) is 20.6 Å². The van der Waals surface area contributed by atoms with E-state index in [0.717, 1.165) is 31.5 Å². The molecular formula is C22H26ClN5O2. The Bertz CT molecular complexity index is 1080. The molecule has 0 radical (unpaired) electrons. The van der Waals surface area contributed by atoms with Gasteiger partial charge in [0, 0.05) is 49.5 Å². The summed E-state index contributed by atoms with van der Waals surface area (Å²) >= 11 is 6.02. The van der Waals surface area contributed by atoms with Crippen LogP contribution in [0.1, 0.15) is 31.2 Å². The second-order valence-corrected chi connectivity index (χ2v) is 8.37. The minimum atomic E-state index is -0.0282. The van der Waals surface area contributed by atoms with Crippen molar-refractivity contribution in [2.45, 2.75) is 44.3 Å². The maximum atomic E-state index is 12.7. The molecule has 158 valence electrons. The molecule has 7 nitrogen and oxygen atoms in total. The van der Waals surface area contributed by atoms with Crippen LogP contribution in [0.2, 0.25) is 5.02 Å². The molecule has 0 unspecified atom stereocenters. The van der Waals surface area contributed by atoms with Crippen LogP contribution in [0, 0.1) is 0 Å². The average molecular weight is 428 g/mol. The molecule has 30 heavy (non-hydrogen) atoms. The van der Waals surface area contributed by atoms with Gasteiger partial charge in [-0.05, 0) is 49.9 Å². The number of rotatable bonds is 6. The molecule has 0 spiro atoms. The number of nitrogens with zero attached hydrogens (tertiary/aromatic N) is 3. The molecule has 2 aromatic heterocycles. The van der Waals surface area contributed by atoms with Crippen molar-refractivity contribution in [1.29, 1.82) is 0 Å². The maximum Gasteiger partial charge on any atom is 0.224 e. The molecule has 3 aromatic rings. The van der Waals surface area contributed by atoms with Crippen LogP contribution in [0.5, 0.6) is 0 Å². The quantitative estimate of drug-likeness (QED) is 0.618. The molecule has 1 aromatic carbocycles. The summed E-state index contributed by atoms with van der Waals surface area (Å²) in [6, 6.07) is 7.72. The highest BCUT2D eigenvalue weighted by Crippen LogP contribution is 2.22. The predicted octanol–water partition coefficient (Wildman–Crippen LogP) is 3.82. The minimum Gasteiger partial charge on any atom is -0.464 e. The first-order chi connectivity index (χ1) is 14.5. The first-order valence-corrected chi connectivity index (χ1v) is 10.6. The number of nitrogens with one attached hydrogen (secondary N) is 2. The van der Waals surface area contributed by atoms with Crippen LogP contribution in [-0.2, 0) is 6.54 Å². The Hall–Kier alpha value is -2.64. The second kappa shape index (κ2) is 9.02. The van der Waals surface area contributed by atoms with Crippen LogP contribution in [0.25, 0.3) is 11.0 Å². The molecule has 0 atom stereocenters. The number of anilines is 2. The summed E-state index contributed by atoms with van der Waals surface area (Å²) in [6.45, 7) is 0.488. The summed E-state index contributed by atoms with van der Waals surface area (Å²) in [5.41, 5.74) is 1.15. The first kappa shape index (κ1) is 20.6. The van der Waals surface area contributed by atoms with E-state index in [4.69, 9.17) is 16.0 Å². The van der Waals surface area contributed by atoms with E-state index >= 15 is 0 Å². The maximum absolute atomic E-state index is 12.7. The molecule has 0 amide bonds. The van der Waals surface area contributed by atoms with Gasteiger partial charge in [-0.2, -0.15) is 4.98 Å².